The number of benzene rings is 3. The standard InChI is InChI=1S/C28H27N3O/c1-20-11-13-22(14-12-20)24-9-6-10-25-26(19-21(2)29-27(24)25)28(32)31-17-15-30(16-18-31)23-7-4-3-5-8-23/h3-14,19H,15-18H2,1-2H3. The van der Waals surface area contributed by atoms with Crippen LogP contribution in [0.5, 0.6) is 0 Å². The van der Waals surface area contributed by atoms with Crippen molar-refractivity contribution in [2.24, 2.45) is 0 Å². The molecule has 4 nitrogen and oxygen atoms in total. The van der Waals surface area contributed by atoms with Gasteiger partial charge in [-0.3, -0.25) is 9.78 Å². The lowest BCUT2D eigenvalue weighted by Crippen LogP contribution is -2.48. The molecule has 5 rings (SSSR count). The van der Waals surface area contributed by atoms with Gasteiger partial charge in [0, 0.05) is 48.5 Å². The van der Waals surface area contributed by atoms with Crippen molar-refractivity contribution in [3.8, 4) is 11.1 Å². The van der Waals surface area contributed by atoms with Crippen LogP contribution in [0.1, 0.15) is 21.6 Å². The highest BCUT2D eigenvalue weighted by Gasteiger charge is 2.24. The summed E-state index contributed by atoms with van der Waals surface area (Å²) in [5.74, 6) is 0.0919. The molecule has 1 saturated heterocycles. The zero-order valence-corrected chi connectivity index (χ0v) is 18.6. The number of piperazine rings is 1. The van der Waals surface area contributed by atoms with Gasteiger partial charge in [0.25, 0.3) is 5.91 Å². The predicted molar refractivity (Wildman–Crippen MR) is 131 cm³/mol. The second-order valence-electron chi connectivity index (χ2n) is 8.49. The van der Waals surface area contributed by atoms with Gasteiger partial charge in [-0.25, -0.2) is 0 Å². The summed E-state index contributed by atoms with van der Waals surface area (Å²) in [4.78, 5) is 22.7. The van der Waals surface area contributed by atoms with Crippen molar-refractivity contribution >= 4 is 22.5 Å². The molecule has 0 saturated carbocycles. The van der Waals surface area contributed by atoms with E-state index in [1.54, 1.807) is 0 Å². The SMILES string of the molecule is Cc1ccc(-c2cccc3c(C(=O)N4CCN(c5ccccc5)CC4)cc(C)nc23)cc1. The van der Waals surface area contributed by atoms with Gasteiger partial charge in [-0.2, -0.15) is 0 Å². The smallest absolute Gasteiger partial charge is 0.254 e. The monoisotopic (exact) mass is 421 g/mol. The highest BCUT2D eigenvalue weighted by atomic mass is 16.2. The van der Waals surface area contributed by atoms with Crippen molar-refractivity contribution in [2.45, 2.75) is 13.8 Å². The van der Waals surface area contributed by atoms with Crippen LogP contribution in [0.15, 0.2) is 78.9 Å². The molecule has 32 heavy (non-hydrogen) atoms. The van der Waals surface area contributed by atoms with Crippen LogP contribution in [0.4, 0.5) is 5.69 Å². The number of carbonyl (C=O) groups is 1. The number of nitrogens with zero attached hydrogens (tertiary/aromatic N) is 3. The molecule has 0 unspecified atom stereocenters. The summed E-state index contributed by atoms with van der Waals surface area (Å²) >= 11 is 0. The fraction of sp³-hybridized carbons (Fsp3) is 0.214. The number of aromatic nitrogens is 1. The van der Waals surface area contributed by atoms with E-state index >= 15 is 0 Å². The molecule has 0 N–H and O–H groups in total. The first-order valence-corrected chi connectivity index (χ1v) is 11.2. The normalized spacial score (nSPS) is 14.1. The maximum absolute atomic E-state index is 13.6. The summed E-state index contributed by atoms with van der Waals surface area (Å²) in [6, 6.07) is 27.0. The van der Waals surface area contributed by atoms with Crippen molar-refractivity contribution in [1.29, 1.82) is 0 Å². The van der Waals surface area contributed by atoms with E-state index in [0.717, 1.165) is 46.4 Å². The molecule has 3 aromatic carbocycles. The molecule has 0 atom stereocenters. The first-order valence-electron chi connectivity index (χ1n) is 11.2. The summed E-state index contributed by atoms with van der Waals surface area (Å²) < 4.78 is 0. The van der Waals surface area contributed by atoms with Crippen LogP contribution in [-0.2, 0) is 0 Å². The fourth-order valence-corrected chi connectivity index (χ4v) is 4.50. The third-order valence-electron chi connectivity index (χ3n) is 6.25. The minimum absolute atomic E-state index is 0.0919. The van der Waals surface area contributed by atoms with Crippen LogP contribution in [-0.4, -0.2) is 42.0 Å². The summed E-state index contributed by atoms with van der Waals surface area (Å²) in [5, 5.41) is 0.921. The Morgan fingerprint density at radius 1 is 0.812 bits per heavy atom. The number of carbonyl (C=O) groups excluding carboxylic acids is 1. The first kappa shape index (κ1) is 20.3. The third kappa shape index (κ3) is 3.84. The van der Waals surface area contributed by atoms with Gasteiger partial charge < -0.3 is 9.80 Å². The quantitative estimate of drug-likeness (QED) is 0.439. The lowest BCUT2D eigenvalue weighted by Gasteiger charge is -2.36. The Bertz CT molecular complexity index is 1260. The van der Waals surface area contributed by atoms with Gasteiger partial charge in [0.1, 0.15) is 0 Å². The minimum Gasteiger partial charge on any atom is -0.368 e. The molecule has 4 heteroatoms. The van der Waals surface area contributed by atoms with Crippen molar-refractivity contribution in [3.05, 3.63) is 95.7 Å². The van der Waals surface area contributed by atoms with E-state index < -0.39 is 0 Å². The predicted octanol–water partition coefficient (Wildman–Crippen LogP) is 5.48. The zero-order valence-electron chi connectivity index (χ0n) is 18.6. The Kier molecular flexibility index (Phi) is 5.36. The molecule has 0 aliphatic carbocycles. The minimum atomic E-state index is 0.0919. The summed E-state index contributed by atoms with van der Waals surface area (Å²) in [6.45, 7) is 7.17. The van der Waals surface area contributed by atoms with Gasteiger partial charge in [0.15, 0.2) is 0 Å². The van der Waals surface area contributed by atoms with Crippen molar-refractivity contribution in [1.82, 2.24) is 9.88 Å². The molecular weight excluding hydrogens is 394 g/mol. The number of anilines is 1. The molecule has 0 bridgehead atoms. The lowest BCUT2D eigenvalue weighted by atomic mass is 9.97. The van der Waals surface area contributed by atoms with Crippen LogP contribution in [0.25, 0.3) is 22.0 Å². The lowest BCUT2D eigenvalue weighted by molar-refractivity contribution is 0.0748. The van der Waals surface area contributed by atoms with E-state index in [0.29, 0.717) is 13.1 Å². The van der Waals surface area contributed by atoms with E-state index in [1.807, 2.05) is 36.1 Å². The number of para-hydroxylation sites is 2. The number of pyridine rings is 1. The highest BCUT2D eigenvalue weighted by Crippen LogP contribution is 2.30. The average molecular weight is 422 g/mol. The fourth-order valence-electron chi connectivity index (χ4n) is 4.50. The number of fused-ring (bicyclic) bond motifs is 1. The molecule has 1 aliphatic rings. The molecule has 1 fully saturated rings. The number of hydrogen-bond donors (Lipinski definition) is 0. The molecule has 4 aromatic rings. The molecule has 0 radical (unpaired) electrons. The van der Waals surface area contributed by atoms with E-state index in [4.69, 9.17) is 4.98 Å². The first-order chi connectivity index (χ1) is 15.6. The summed E-state index contributed by atoms with van der Waals surface area (Å²) in [6.07, 6.45) is 0. The topological polar surface area (TPSA) is 36.4 Å². The largest absolute Gasteiger partial charge is 0.368 e. The summed E-state index contributed by atoms with van der Waals surface area (Å²) in [7, 11) is 0. The molecular formula is C28H27N3O. The van der Waals surface area contributed by atoms with E-state index in [1.165, 1.54) is 11.3 Å². The Labute approximate surface area is 189 Å². The van der Waals surface area contributed by atoms with Crippen molar-refractivity contribution < 1.29 is 4.79 Å². The maximum Gasteiger partial charge on any atom is 0.254 e. The average Bonchev–Trinajstić information content (AvgIpc) is 2.84. The van der Waals surface area contributed by atoms with Gasteiger partial charge in [0.2, 0.25) is 0 Å². The van der Waals surface area contributed by atoms with Crippen LogP contribution >= 0.6 is 0 Å². The van der Waals surface area contributed by atoms with Crippen LogP contribution in [0, 0.1) is 13.8 Å². The molecule has 1 aromatic heterocycles. The van der Waals surface area contributed by atoms with Gasteiger partial charge >= 0.3 is 0 Å². The van der Waals surface area contributed by atoms with Crippen LogP contribution < -0.4 is 4.90 Å². The molecule has 1 aliphatic heterocycles. The van der Waals surface area contributed by atoms with Gasteiger partial charge in [-0.15, -0.1) is 0 Å². The van der Waals surface area contributed by atoms with E-state index in [9.17, 15) is 4.79 Å². The van der Waals surface area contributed by atoms with Gasteiger partial charge in [-0.05, 0) is 37.6 Å². The highest BCUT2D eigenvalue weighted by molar-refractivity contribution is 6.09. The van der Waals surface area contributed by atoms with E-state index in [2.05, 4.69) is 66.4 Å². The van der Waals surface area contributed by atoms with Gasteiger partial charge in [-0.1, -0.05) is 66.2 Å². The Morgan fingerprint density at radius 3 is 2.25 bits per heavy atom. The Hall–Kier alpha value is -3.66. The summed E-state index contributed by atoms with van der Waals surface area (Å²) in [5.41, 5.74) is 7.13. The maximum atomic E-state index is 13.6. The third-order valence-corrected chi connectivity index (χ3v) is 6.25. The molecule has 2 heterocycles. The Morgan fingerprint density at radius 2 is 1.53 bits per heavy atom. The van der Waals surface area contributed by atoms with Crippen LogP contribution in [0.2, 0.25) is 0 Å². The van der Waals surface area contributed by atoms with E-state index in [-0.39, 0.29) is 5.91 Å². The molecule has 1 amide bonds. The number of rotatable bonds is 3. The Balaban J connectivity index is 1.46. The molecule has 0 spiro atoms. The second-order valence-corrected chi connectivity index (χ2v) is 8.49. The van der Waals surface area contributed by atoms with Crippen molar-refractivity contribution in [3.63, 3.8) is 0 Å². The zero-order chi connectivity index (χ0) is 22.1. The molecule has 160 valence electrons. The number of hydrogen-bond acceptors (Lipinski definition) is 3. The second kappa shape index (κ2) is 8.46. The van der Waals surface area contributed by atoms with Crippen molar-refractivity contribution in [2.75, 3.05) is 31.1 Å². The number of aryl methyl sites for hydroxylation is 2. The number of amides is 1. The van der Waals surface area contributed by atoms with Gasteiger partial charge in [0.05, 0.1) is 11.1 Å². The van der Waals surface area contributed by atoms with Crippen LogP contribution in [0.3, 0.4) is 0 Å².